The van der Waals surface area contributed by atoms with E-state index in [4.69, 9.17) is 0 Å². The summed E-state index contributed by atoms with van der Waals surface area (Å²) in [6.45, 7) is 4.20. The lowest BCUT2D eigenvalue weighted by atomic mass is 10.1. The van der Waals surface area contributed by atoms with Crippen molar-refractivity contribution in [2.24, 2.45) is 5.92 Å². The molecule has 1 aromatic carbocycles. The molecule has 1 rings (SSSR count). The second-order valence-corrected chi connectivity index (χ2v) is 4.13. The number of ether oxygens (including phenoxy) is 1. The first-order chi connectivity index (χ1) is 8.60. The van der Waals surface area contributed by atoms with Crippen molar-refractivity contribution in [3.05, 3.63) is 35.4 Å². The standard InChI is InChI=1S/C14H19NO3/c1-4-12(14(17)18-3)13(16)15-9-11-8-6-5-7-10(11)2/h5-8,12H,4,9H2,1-3H3,(H,15,16). The smallest absolute Gasteiger partial charge is 0.318 e. The van der Waals surface area contributed by atoms with Gasteiger partial charge < -0.3 is 10.1 Å². The highest BCUT2D eigenvalue weighted by molar-refractivity contribution is 5.97. The summed E-state index contributed by atoms with van der Waals surface area (Å²) in [5, 5.41) is 2.77. The molecule has 18 heavy (non-hydrogen) atoms. The Balaban J connectivity index is 2.60. The lowest BCUT2D eigenvalue weighted by molar-refractivity contribution is -0.150. The van der Waals surface area contributed by atoms with E-state index < -0.39 is 11.9 Å². The molecule has 1 amide bonds. The molecule has 0 aliphatic rings. The summed E-state index contributed by atoms with van der Waals surface area (Å²) in [5.41, 5.74) is 2.16. The third-order valence-corrected chi connectivity index (χ3v) is 2.92. The van der Waals surface area contributed by atoms with Gasteiger partial charge in [-0.3, -0.25) is 9.59 Å². The molecule has 0 heterocycles. The second kappa shape index (κ2) is 6.79. The van der Waals surface area contributed by atoms with E-state index in [9.17, 15) is 9.59 Å². The molecule has 98 valence electrons. The van der Waals surface area contributed by atoms with E-state index in [0.29, 0.717) is 13.0 Å². The van der Waals surface area contributed by atoms with E-state index in [1.165, 1.54) is 7.11 Å². The van der Waals surface area contributed by atoms with Gasteiger partial charge in [-0.2, -0.15) is 0 Å². The third kappa shape index (κ3) is 3.58. The van der Waals surface area contributed by atoms with Gasteiger partial charge in [0.2, 0.25) is 5.91 Å². The van der Waals surface area contributed by atoms with Gasteiger partial charge in [-0.05, 0) is 24.5 Å². The zero-order chi connectivity index (χ0) is 13.5. The monoisotopic (exact) mass is 249 g/mol. The van der Waals surface area contributed by atoms with Crippen molar-refractivity contribution < 1.29 is 14.3 Å². The first kappa shape index (κ1) is 14.2. The highest BCUT2D eigenvalue weighted by atomic mass is 16.5. The Morgan fingerprint density at radius 3 is 2.56 bits per heavy atom. The molecular formula is C14H19NO3. The summed E-state index contributed by atoms with van der Waals surface area (Å²) in [6, 6.07) is 7.81. The molecule has 0 spiro atoms. The van der Waals surface area contributed by atoms with Gasteiger partial charge in [0.25, 0.3) is 0 Å². The van der Waals surface area contributed by atoms with Crippen LogP contribution >= 0.6 is 0 Å². The van der Waals surface area contributed by atoms with Crippen molar-refractivity contribution >= 4 is 11.9 Å². The molecule has 1 atom stereocenters. The Bertz CT molecular complexity index is 429. The number of benzene rings is 1. The van der Waals surface area contributed by atoms with Crippen LogP contribution in [-0.2, 0) is 20.9 Å². The maximum atomic E-state index is 11.8. The average Bonchev–Trinajstić information content (AvgIpc) is 2.38. The number of amides is 1. The summed E-state index contributed by atoms with van der Waals surface area (Å²) in [5.74, 6) is -1.49. The van der Waals surface area contributed by atoms with E-state index in [1.54, 1.807) is 6.92 Å². The fourth-order valence-electron chi connectivity index (χ4n) is 1.72. The highest BCUT2D eigenvalue weighted by Gasteiger charge is 2.25. The lowest BCUT2D eigenvalue weighted by Gasteiger charge is -2.13. The molecule has 1 N–H and O–H groups in total. The number of aryl methyl sites for hydroxylation is 1. The molecule has 0 saturated heterocycles. The highest BCUT2D eigenvalue weighted by Crippen LogP contribution is 2.08. The number of nitrogens with one attached hydrogen (secondary N) is 1. The van der Waals surface area contributed by atoms with Crippen molar-refractivity contribution in [1.82, 2.24) is 5.32 Å². The summed E-state index contributed by atoms with van der Waals surface area (Å²) in [6.07, 6.45) is 0.437. The summed E-state index contributed by atoms with van der Waals surface area (Å²) < 4.78 is 4.60. The van der Waals surface area contributed by atoms with Crippen molar-refractivity contribution in [2.75, 3.05) is 7.11 Å². The van der Waals surface area contributed by atoms with Gasteiger partial charge >= 0.3 is 5.97 Å². The molecule has 1 aromatic rings. The quantitative estimate of drug-likeness (QED) is 0.639. The number of carbonyl (C=O) groups excluding carboxylic acids is 2. The van der Waals surface area contributed by atoms with Gasteiger partial charge in [0.1, 0.15) is 5.92 Å². The van der Waals surface area contributed by atoms with Crippen LogP contribution in [-0.4, -0.2) is 19.0 Å². The third-order valence-electron chi connectivity index (χ3n) is 2.92. The van der Waals surface area contributed by atoms with E-state index >= 15 is 0 Å². The van der Waals surface area contributed by atoms with Crippen LogP contribution < -0.4 is 5.32 Å². The maximum absolute atomic E-state index is 11.8. The predicted molar refractivity (Wildman–Crippen MR) is 68.8 cm³/mol. The van der Waals surface area contributed by atoms with Crippen LogP contribution in [0.3, 0.4) is 0 Å². The van der Waals surface area contributed by atoms with Gasteiger partial charge in [0, 0.05) is 6.54 Å². The molecule has 4 heteroatoms. The van der Waals surface area contributed by atoms with Gasteiger partial charge in [-0.25, -0.2) is 0 Å². The Morgan fingerprint density at radius 1 is 1.33 bits per heavy atom. The molecule has 1 unspecified atom stereocenters. The molecular weight excluding hydrogens is 230 g/mol. The minimum atomic E-state index is -0.723. The van der Waals surface area contributed by atoms with E-state index in [2.05, 4.69) is 10.1 Å². The lowest BCUT2D eigenvalue weighted by Crippen LogP contribution is -2.35. The zero-order valence-corrected chi connectivity index (χ0v) is 11.0. The minimum Gasteiger partial charge on any atom is -0.468 e. The zero-order valence-electron chi connectivity index (χ0n) is 11.0. The van der Waals surface area contributed by atoms with Crippen LogP contribution in [0, 0.1) is 12.8 Å². The Labute approximate surface area is 107 Å². The second-order valence-electron chi connectivity index (χ2n) is 4.13. The minimum absolute atomic E-state index is 0.285. The Morgan fingerprint density at radius 2 is 2.00 bits per heavy atom. The number of esters is 1. The largest absolute Gasteiger partial charge is 0.468 e. The Kier molecular flexibility index (Phi) is 5.36. The topological polar surface area (TPSA) is 55.4 Å². The van der Waals surface area contributed by atoms with Gasteiger partial charge in [-0.1, -0.05) is 31.2 Å². The van der Waals surface area contributed by atoms with Crippen molar-refractivity contribution in [3.63, 3.8) is 0 Å². The summed E-state index contributed by atoms with van der Waals surface area (Å²) in [4.78, 5) is 23.2. The van der Waals surface area contributed by atoms with E-state index in [0.717, 1.165) is 11.1 Å². The fourth-order valence-corrected chi connectivity index (χ4v) is 1.72. The molecule has 0 bridgehead atoms. The van der Waals surface area contributed by atoms with Crippen LogP contribution in [0.4, 0.5) is 0 Å². The normalized spacial score (nSPS) is 11.7. The molecule has 0 aliphatic heterocycles. The number of rotatable bonds is 5. The van der Waals surface area contributed by atoms with Crippen molar-refractivity contribution in [3.8, 4) is 0 Å². The molecule has 0 fully saturated rings. The first-order valence-corrected chi connectivity index (χ1v) is 6.00. The summed E-state index contributed by atoms with van der Waals surface area (Å²) >= 11 is 0. The Hall–Kier alpha value is -1.84. The number of carbonyl (C=O) groups is 2. The van der Waals surface area contributed by atoms with Crippen LogP contribution in [0.5, 0.6) is 0 Å². The SMILES string of the molecule is CCC(C(=O)NCc1ccccc1C)C(=O)OC. The molecule has 4 nitrogen and oxygen atoms in total. The molecule has 0 aromatic heterocycles. The molecule has 0 radical (unpaired) electrons. The van der Waals surface area contributed by atoms with Crippen LogP contribution in [0.25, 0.3) is 0 Å². The van der Waals surface area contributed by atoms with Crippen LogP contribution in [0.2, 0.25) is 0 Å². The van der Waals surface area contributed by atoms with Crippen LogP contribution in [0.15, 0.2) is 24.3 Å². The van der Waals surface area contributed by atoms with Gasteiger partial charge in [-0.15, -0.1) is 0 Å². The molecule has 0 saturated carbocycles. The van der Waals surface area contributed by atoms with Crippen molar-refractivity contribution in [1.29, 1.82) is 0 Å². The van der Waals surface area contributed by atoms with Gasteiger partial charge in [0.15, 0.2) is 0 Å². The summed E-state index contributed by atoms with van der Waals surface area (Å²) in [7, 11) is 1.29. The maximum Gasteiger partial charge on any atom is 0.318 e. The number of methoxy groups -OCH3 is 1. The van der Waals surface area contributed by atoms with Crippen molar-refractivity contribution in [2.45, 2.75) is 26.8 Å². The van der Waals surface area contributed by atoms with Gasteiger partial charge in [0.05, 0.1) is 7.11 Å². The van der Waals surface area contributed by atoms with E-state index in [1.807, 2.05) is 31.2 Å². The predicted octanol–water partition coefficient (Wildman–Crippen LogP) is 1.81. The number of hydrogen-bond donors (Lipinski definition) is 1. The number of hydrogen-bond acceptors (Lipinski definition) is 3. The first-order valence-electron chi connectivity index (χ1n) is 6.00. The fraction of sp³-hybridized carbons (Fsp3) is 0.429. The molecule has 0 aliphatic carbocycles. The average molecular weight is 249 g/mol. The van der Waals surface area contributed by atoms with E-state index in [-0.39, 0.29) is 5.91 Å². The van der Waals surface area contributed by atoms with Crippen LogP contribution in [0.1, 0.15) is 24.5 Å².